The molecule has 3 N–H and O–H groups in total. The fourth-order valence-corrected chi connectivity index (χ4v) is 1.14. The van der Waals surface area contributed by atoms with Crippen LogP contribution in [0, 0.1) is 6.92 Å². The van der Waals surface area contributed by atoms with Crippen molar-refractivity contribution in [3.63, 3.8) is 0 Å². The first-order valence-corrected chi connectivity index (χ1v) is 3.73. The topological polar surface area (TPSA) is 55.5 Å². The summed E-state index contributed by atoms with van der Waals surface area (Å²) in [5.74, 6) is 0.615. The van der Waals surface area contributed by atoms with Crippen LogP contribution >= 0.6 is 0 Å². The van der Waals surface area contributed by atoms with E-state index in [0.717, 1.165) is 11.1 Å². The van der Waals surface area contributed by atoms with E-state index >= 15 is 0 Å². The molecule has 1 aromatic carbocycles. The Bertz CT molecular complexity index is 284. The van der Waals surface area contributed by atoms with E-state index in [9.17, 15) is 0 Å². The molecule has 0 aliphatic heterocycles. The molecule has 0 aliphatic rings. The molecule has 0 radical (unpaired) electrons. The van der Waals surface area contributed by atoms with Crippen LogP contribution in [0.4, 0.5) is 5.69 Å². The Hall–Kier alpha value is -1.22. The second kappa shape index (κ2) is 3.45. The summed E-state index contributed by atoms with van der Waals surface area (Å²) in [4.78, 5) is 0. The fourth-order valence-electron chi connectivity index (χ4n) is 1.14. The molecular weight excluding hydrogens is 154 g/mol. The molecule has 0 fully saturated rings. The van der Waals surface area contributed by atoms with Gasteiger partial charge in [0.05, 0.1) is 19.4 Å². The molecule has 1 aromatic rings. The average Bonchev–Trinajstić information content (AvgIpc) is 2.06. The quantitative estimate of drug-likeness (QED) is 0.648. The molecule has 0 unspecified atom stereocenters. The van der Waals surface area contributed by atoms with Crippen molar-refractivity contribution in [2.24, 2.45) is 0 Å². The zero-order chi connectivity index (χ0) is 9.14. The van der Waals surface area contributed by atoms with E-state index in [4.69, 9.17) is 15.6 Å². The molecule has 12 heavy (non-hydrogen) atoms. The highest BCUT2D eigenvalue weighted by molar-refractivity contribution is 5.60. The summed E-state index contributed by atoms with van der Waals surface area (Å²) in [5, 5.41) is 8.98. The predicted octanol–water partition coefficient (Wildman–Crippen LogP) is 1.08. The van der Waals surface area contributed by atoms with E-state index in [0.29, 0.717) is 11.4 Å². The molecule has 0 spiro atoms. The lowest BCUT2D eigenvalue weighted by atomic mass is 10.1. The maximum atomic E-state index is 8.98. The third-order valence-corrected chi connectivity index (χ3v) is 1.93. The molecule has 0 amide bonds. The van der Waals surface area contributed by atoms with E-state index < -0.39 is 0 Å². The average molecular weight is 167 g/mol. The fraction of sp³-hybridized carbons (Fsp3) is 0.333. The van der Waals surface area contributed by atoms with Gasteiger partial charge in [-0.25, -0.2) is 0 Å². The molecule has 0 heterocycles. The van der Waals surface area contributed by atoms with Crippen molar-refractivity contribution in [2.75, 3.05) is 12.8 Å². The number of hydrogen-bond donors (Lipinski definition) is 2. The zero-order valence-electron chi connectivity index (χ0n) is 7.29. The highest BCUT2D eigenvalue weighted by Gasteiger charge is 2.06. The Balaban J connectivity index is 3.24. The normalized spacial score (nSPS) is 9.92. The van der Waals surface area contributed by atoms with Crippen LogP contribution in [0.1, 0.15) is 11.1 Å². The van der Waals surface area contributed by atoms with Gasteiger partial charge in [-0.05, 0) is 18.6 Å². The molecule has 1 rings (SSSR count). The summed E-state index contributed by atoms with van der Waals surface area (Å²) < 4.78 is 5.01. The number of benzene rings is 1. The van der Waals surface area contributed by atoms with Crippen molar-refractivity contribution >= 4 is 5.69 Å². The third-order valence-electron chi connectivity index (χ3n) is 1.93. The number of anilines is 1. The Morgan fingerprint density at radius 3 is 2.67 bits per heavy atom. The van der Waals surface area contributed by atoms with Crippen LogP contribution in [0.5, 0.6) is 5.75 Å². The molecule has 0 saturated carbocycles. The molecule has 0 aliphatic carbocycles. The molecule has 0 atom stereocenters. The minimum absolute atomic E-state index is 0.0468. The van der Waals surface area contributed by atoms with Crippen molar-refractivity contribution in [3.05, 3.63) is 23.3 Å². The Labute approximate surface area is 71.8 Å². The highest BCUT2D eigenvalue weighted by atomic mass is 16.5. The van der Waals surface area contributed by atoms with Gasteiger partial charge in [-0.3, -0.25) is 0 Å². The number of hydrogen-bond acceptors (Lipinski definition) is 3. The number of nitrogen functional groups attached to an aromatic ring is 1. The summed E-state index contributed by atoms with van der Waals surface area (Å²) in [7, 11) is 1.56. The number of ether oxygens (including phenoxy) is 1. The van der Waals surface area contributed by atoms with Gasteiger partial charge >= 0.3 is 0 Å². The van der Waals surface area contributed by atoms with Crippen molar-refractivity contribution in [2.45, 2.75) is 13.5 Å². The van der Waals surface area contributed by atoms with Gasteiger partial charge in [-0.15, -0.1) is 0 Å². The summed E-state index contributed by atoms with van der Waals surface area (Å²) in [6, 6.07) is 3.67. The van der Waals surface area contributed by atoms with Crippen LogP contribution in [0.2, 0.25) is 0 Å². The molecule has 0 bridgehead atoms. The highest BCUT2D eigenvalue weighted by Crippen LogP contribution is 2.27. The maximum absolute atomic E-state index is 8.98. The van der Waals surface area contributed by atoms with Crippen molar-refractivity contribution in [1.29, 1.82) is 0 Å². The summed E-state index contributed by atoms with van der Waals surface area (Å²) in [5.41, 5.74) is 7.97. The first-order valence-electron chi connectivity index (χ1n) is 3.73. The smallest absolute Gasteiger partial charge is 0.142 e. The van der Waals surface area contributed by atoms with Crippen LogP contribution in [-0.4, -0.2) is 12.2 Å². The van der Waals surface area contributed by atoms with Gasteiger partial charge in [0, 0.05) is 5.56 Å². The van der Waals surface area contributed by atoms with Crippen LogP contribution in [0.3, 0.4) is 0 Å². The molecule has 3 nitrogen and oxygen atoms in total. The van der Waals surface area contributed by atoms with E-state index in [1.54, 1.807) is 13.2 Å². The van der Waals surface area contributed by atoms with Gasteiger partial charge in [0.25, 0.3) is 0 Å². The van der Waals surface area contributed by atoms with Crippen molar-refractivity contribution in [1.82, 2.24) is 0 Å². The number of nitrogens with two attached hydrogens (primary N) is 1. The third kappa shape index (κ3) is 1.36. The van der Waals surface area contributed by atoms with Crippen LogP contribution in [0.15, 0.2) is 12.1 Å². The Kier molecular flexibility index (Phi) is 2.55. The Morgan fingerprint density at radius 1 is 1.50 bits per heavy atom. The second-order valence-electron chi connectivity index (χ2n) is 2.64. The van der Waals surface area contributed by atoms with E-state index in [1.807, 2.05) is 13.0 Å². The van der Waals surface area contributed by atoms with Gasteiger partial charge in [-0.1, -0.05) is 6.07 Å². The summed E-state index contributed by atoms with van der Waals surface area (Å²) >= 11 is 0. The van der Waals surface area contributed by atoms with Crippen molar-refractivity contribution in [3.8, 4) is 5.75 Å². The minimum Gasteiger partial charge on any atom is -0.495 e. The minimum atomic E-state index is -0.0468. The van der Waals surface area contributed by atoms with Gasteiger partial charge < -0.3 is 15.6 Å². The first-order chi connectivity index (χ1) is 5.70. The van der Waals surface area contributed by atoms with Gasteiger partial charge in [0.15, 0.2) is 0 Å². The largest absolute Gasteiger partial charge is 0.495 e. The molecule has 0 saturated heterocycles. The number of aliphatic hydroxyl groups excluding tert-OH is 1. The number of methoxy groups -OCH3 is 1. The zero-order valence-corrected chi connectivity index (χ0v) is 7.29. The van der Waals surface area contributed by atoms with Crippen LogP contribution < -0.4 is 10.5 Å². The second-order valence-corrected chi connectivity index (χ2v) is 2.64. The monoisotopic (exact) mass is 167 g/mol. The molecule has 3 heteroatoms. The maximum Gasteiger partial charge on any atom is 0.142 e. The number of aliphatic hydroxyl groups is 1. The number of rotatable bonds is 2. The summed E-state index contributed by atoms with van der Waals surface area (Å²) in [6.45, 7) is 1.86. The summed E-state index contributed by atoms with van der Waals surface area (Å²) in [6.07, 6.45) is 0. The Morgan fingerprint density at radius 2 is 2.17 bits per heavy atom. The standard InChI is InChI=1S/C9H13NO2/c1-6-3-4-8(12-2)9(10)7(6)5-11/h3-4,11H,5,10H2,1-2H3. The molecular formula is C9H13NO2. The van der Waals surface area contributed by atoms with Crippen LogP contribution in [0.25, 0.3) is 0 Å². The van der Waals surface area contributed by atoms with Gasteiger partial charge in [0.1, 0.15) is 5.75 Å². The van der Waals surface area contributed by atoms with Crippen molar-refractivity contribution < 1.29 is 9.84 Å². The predicted molar refractivity (Wildman–Crippen MR) is 48.1 cm³/mol. The number of aryl methyl sites for hydroxylation is 1. The lowest BCUT2D eigenvalue weighted by Crippen LogP contribution is -2.00. The first kappa shape index (κ1) is 8.87. The molecule has 0 aromatic heterocycles. The lowest BCUT2D eigenvalue weighted by Gasteiger charge is -2.10. The molecule has 66 valence electrons. The van der Waals surface area contributed by atoms with Crippen LogP contribution in [-0.2, 0) is 6.61 Å². The van der Waals surface area contributed by atoms with E-state index in [-0.39, 0.29) is 6.61 Å². The lowest BCUT2D eigenvalue weighted by molar-refractivity contribution is 0.281. The SMILES string of the molecule is COc1ccc(C)c(CO)c1N. The van der Waals surface area contributed by atoms with Gasteiger partial charge in [-0.2, -0.15) is 0 Å². The van der Waals surface area contributed by atoms with E-state index in [1.165, 1.54) is 0 Å². The van der Waals surface area contributed by atoms with E-state index in [2.05, 4.69) is 0 Å². The van der Waals surface area contributed by atoms with Gasteiger partial charge in [0.2, 0.25) is 0 Å².